The van der Waals surface area contributed by atoms with Gasteiger partial charge in [-0.15, -0.1) is 0 Å². The largest absolute Gasteiger partial charge is 0.348 e. The molecule has 2 N–H and O–H groups in total. The molecule has 3 nitrogen and oxygen atoms in total. The first kappa shape index (κ1) is 13.4. The van der Waals surface area contributed by atoms with Crippen LogP contribution >= 0.6 is 11.3 Å². The van der Waals surface area contributed by atoms with E-state index in [1.165, 1.54) is 28.5 Å². The van der Waals surface area contributed by atoms with Crippen molar-refractivity contribution in [1.82, 2.24) is 4.98 Å². The van der Waals surface area contributed by atoms with Gasteiger partial charge in [0.2, 0.25) is 0 Å². The second-order valence-electron chi connectivity index (χ2n) is 7.13. The Bertz CT molecular complexity index is 458. The van der Waals surface area contributed by atoms with Gasteiger partial charge in [0.05, 0.1) is 5.69 Å². The minimum absolute atomic E-state index is 0.189. The molecule has 3 rings (SSSR count). The van der Waals surface area contributed by atoms with Crippen LogP contribution in [0.1, 0.15) is 56.6 Å². The van der Waals surface area contributed by atoms with Crippen molar-refractivity contribution >= 4 is 16.5 Å². The molecule has 0 amide bonds. The summed E-state index contributed by atoms with van der Waals surface area (Å²) in [6, 6.07) is 0.189. The Morgan fingerprint density at radius 2 is 2.00 bits per heavy atom. The molecule has 0 spiro atoms. The third kappa shape index (κ3) is 2.65. The highest BCUT2D eigenvalue weighted by Gasteiger charge is 2.34. The zero-order valence-electron chi connectivity index (χ0n) is 12.3. The number of fused-ring (bicyclic) bond motifs is 1. The summed E-state index contributed by atoms with van der Waals surface area (Å²) in [5.41, 5.74) is 7.90. The summed E-state index contributed by atoms with van der Waals surface area (Å²) >= 11 is 1.84. The summed E-state index contributed by atoms with van der Waals surface area (Å²) in [5, 5.41) is 1.21. The molecule has 1 saturated heterocycles. The number of anilines is 1. The average Bonchev–Trinajstić information content (AvgIpc) is 2.72. The first-order valence-electron chi connectivity index (χ1n) is 7.45. The normalized spacial score (nSPS) is 27.4. The second kappa shape index (κ2) is 4.74. The second-order valence-corrected chi connectivity index (χ2v) is 8.14. The van der Waals surface area contributed by atoms with Crippen LogP contribution in [0.4, 0.5) is 5.13 Å². The van der Waals surface area contributed by atoms with Gasteiger partial charge in [-0.25, -0.2) is 4.98 Å². The van der Waals surface area contributed by atoms with E-state index in [1.807, 2.05) is 11.3 Å². The minimum atomic E-state index is 0.189. The van der Waals surface area contributed by atoms with Crippen molar-refractivity contribution in [2.75, 3.05) is 18.0 Å². The van der Waals surface area contributed by atoms with Crippen LogP contribution in [0.2, 0.25) is 0 Å². The molecule has 106 valence electrons. The van der Waals surface area contributed by atoms with Crippen LogP contribution in [0, 0.1) is 11.3 Å². The molecule has 0 bridgehead atoms. The molecule has 0 saturated carbocycles. The van der Waals surface area contributed by atoms with E-state index >= 15 is 0 Å². The van der Waals surface area contributed by atoms with Crippen LogP contribution in [0.15, 0.2) is 0 Å². The summed E-state index contributed by atoms with van der Waals surface area (Å²) in [6.07, 6.45) is 4.75. The van der Waals surface area contributed by atoms with E-state index in [9.17, 15) is 0 Å². The molecule has 1 atom stereocenters. The fourth-order valence-corrected chi connectivity index (χ4v) is 4.45. The number of hydrogen-bond donors (Lipinski definition) is 1. The van der Waals surface area contributed by atoms with Gasteiger partial charge in [0.25, 0.3) is 0 Å². The molecule has 1 aromatic rings. The predicted octanol–water partition coefficient (Wildman–Crippen LogP) is 3.35. The molecular formula is C15H25N3S. The zero-order valence-corrected chi connectivity index (χ0v) is 13.1. The summed E-state index contributed by atoms with van der Waals surface area (Å²) in [6.45, 7) is 9.27. The van der Waals surface area contributed by atoms with Crippen LogP contribution in [0.5, 0.6) is 0 Å². The number of hydrogen-bond acceptors (Lipinski definition) is 4. The summed E-state index contributed by atoms with van der Waals surface area (Å²) in [4.78, 5) is 8.71. The van der Waals surface area contributed by atoms with Crippen LogP contribution in [0.3, 0.4) is 0 Å². The van der Waals surface area contributed by atoms with Gasteiger partial charge in [-0.1, -0.05) is 32.1 Å². The monoisotopic (exact) mass is 279 g/mol. The molecule has 4 heteroatoms. The number of aromatic nitrogens is 1. The van der Waals surface area contributed by atoms with Crippen molar-refractivity contribution in [1.29, 1.82) is 0 Å². The Kier molecular flexibility index (Phi) is 3.34. The Hall–Kier alpha value is -0.610. The van der Waals surface area contributed by atoms with Crippen molar-refractivity contribution in [2.45, 2.75) is 52.5 Å². The van der Waals surface area contributed by atoms with E-state index in [0.29, 0.717) is 5.41 Å². The molecule has 1 aromatic heterocycles. The fourth-order valence-electron chi connectivity index (χ4n) is 3.32. The topological polar surface area (TPSA) is 42.2 Å². The Morgan fingerprint density at radius 1 is 1.32 bits per heavy atom. The third-order valence-corrected chi connectivity index (χ3v) is 5.82. The smallest absolute Gasteiger partial charge is 0.185 e. The van der Waals surface area contributed by atoms with E-state index in [1.54, 1.807) is 0 Å². The number of nitrogens with two attached hydrogens (primary N) is 1. The Balaban J connectivity index is 1.83. The third-order valence-electron chi connectivity index (χ3n) is 4.53. The van der Waals surface area contributed by atoms with Crippen molar-refractivity contribution in [3.8, 4) is 0 Å². The number of rotatable bonds is 1. The average molecular weight is 279 g/mol. The SMILES string of the molecule is CC1CCN(c2nc3c(s2)C(N)CC(C)(C)C3)CC1. The van der Waals surface area contributed by atoms with Crippen molar-refractivity contribution in [3.63, 3.8) is 0 Å². The van der Waals surface area contributed by atoms with Crippen molar-refractivity contribution in [2.24, 2.45) is 17.1 Å². The predicted molar refractivity (Wildman–Crippen MR) is 81.8 cm³/mol. The van der Waals surface area contributed by atoms with Gasteiger partial charge >= 0.3 is 0 Å². The standard InChI is InChI=1S/C15H25N3S/c1-10-4-6-18(7-5-10)14-17-12-9-15(2,3)8-11(16)13(12)19-14/h10-11H,4-9,16H2,1-3H3. The molecule has 1 aliphatic heterocycles. The van der Waals surface area contributed by atoms with Gasteiger partial charge in [-0.2, -0.15) is 0 Å². The lowest BCUT2D eigenvalue weighted by Gasteiger charge is -2.32. The Morgan fingerprint density at radius 3 is 2.68 bits per heavy atom. The van der Waals surface area contributed by atoms with Crippen molar-refractivity contribution < 1.29 is 0 Å². The van der Waals surface area contributed by atoms with Gasteiger partial charge in [0.1, 0.15) is 0 Å². The first-order valence-corrected chi connectivity index (χ1v) is 8.26. The molecule has 2 aliphatic rings. The van der Waals surface area contributed by atoms with E-state index in [-0.39, 0.29) is 6.04 Å². The highest BCUT2D eigenvalue weighted by atomic mass is 32.1. The molecule has 2 heterocycles. The summed E-state index contributed by atoms with van der Waals surface area (Å²) in [5.74, 6) is 0.868. The maximum absolute atomic E-state index is 6.34. The number of nitrogens with zero attached hydrogens (tertiary/aromatic N) is 2. The minimum Gasteiger partial charge on any atom is -0.348 e. The highest BCUT2D eigenvalue weighted by molar-refractivity contribution is 7.15. The van der Waals surface area contributed by atoms with E-state index in [0.717, 1.165) is 31.8 Å². The number of thiazole rings is 1. The molecule has 19 heavy (non-hydrogen) atoms. The lowest BCUT2D eigenvalue weighted by atomic mass is 9.77. The van der Waals surface area contributed by atoms with Gasteiger partial charge < -0.3 is 10.6 Å². The van der Waals surface area contributed by atoms with Crippen LogP contribution in [-0.4, -0.2) is 18.1 Å². The van der Waals surface area contributed by atoms with Gasteiger partial charge in [-0.05, 0) is 37.0 Å². The van der Waals surface area contributed by atoms with E-state index in [4.69, 9.17) is 10.7 Å². The zero-order chi connectivity index (χ0) is 13.6. The van der Waals surface area contributed by atoms with Crippen LogP contribution in [-0.2, 0) is 6.42 Å². The molecule has 0 aromatic carbocycles. The Labute approximate surface area is 120 Å². The van der Waals surface area contributed by atoms with Gasteiger partial charge in [-0.3, -0.25) is 0 Å². The molecule has 1 unspecified atom stereocenters. The maximum atomic E-state index is 6.34. The van der Waals surface area contributed by atoms with Gasteiger partial charge in [0.15, 0.2) is 5.13 Å². The molecule has 1 fully saturated rings. The lowest BCUT2D eigenvalue weighted by molar-refractivity contribution is 0.282. The molecular weight excluding hydrogens is 254 g/mol. The highest BCUT2D eigenvalue weighted by Crippen LogP contribution is 2.44. The fraction of sp³-hybridized carbons (Fsp3) is 0.800. The van der Waals surface area contributed by atoms with Crippen LogP contribution < -0.4 is 10.6 Å². The van der Waals surface area contributed by atoms with Crippen molar-refractivity contribution in [3.05, 3.63) is 10.6 Å². The molecule has 1 aliphatic carbocycles. The maximum Gasteiger partial charge on any atom is 0.185 e. The first-order chi connectivity index (χ1) is 8.94. The quantitative estimate of drug-likeness (QED) is 0.857. The summed E-state index contributed by atoms with van der Waals surface area (Å²) in [7, 11) is 0. The number of piperidine rings is 1. The van der Waals surface area contributed by atoms with Crippen LogP contribution in [0.25, 0.3) is 0 Å². The summed E-state index contributed by atoms with van der Waals surface area (Å²) < 4.78 is 0. The lowest BCUT2D eigenvalue weighted by Crippen LogP contribution is -2.32. The van der Waals surface area contributed by atoms with E-state index in [2.05, 4.69) is 25.7 Å². The van der Waals surface area contributed by atoms with Gasteiger partial charge in [0, 0.05) is 24.0 Å². The van der Waals surface area contributed by atoms with E-state index < -0.39 is 0 Å². The molecule has 0 radical (unpaired) electrons.